The number of phenols is 1. The number of carbonyl (C=O) groups excluding carboxylic acids is 1. The van der Waals surface area contributed by atoms with Crippen molar-refractivity contribution in [1.29, 1.82) is 0 Å². The Morgan fingerprint density at radius 2 is 1.94 bits per heavy atom. The number of likely N-dealkylation sites (tertiary alicyclic amines) is 1. The van der Waals surface area contributed by atoms with Gasteiger partial charge in [-0.15, -0.1) is 6.58 Å². The molecule has 0 unspecified atom stereocenters. The maximum atomic E-state index is 13.7. The molecular formula is C31H36N2O3. The first-order chi connectivity index (χ1) is 17.4. The van der Waals surface area contributed by atoms with Crippen LogP contribution in [0.1, 0.15) is 41.6 Å². The summed E-state index contributed by atoms with van der Waals surface area (Å²) in [5.41, 5.74) is 1.11. The van der Waals surface area contributed by atoms with Crippen LogP contribution in [0.3, 0.4) is 0 Å². The van der Waals surface area contributed by atoms with Crippen molar-refractivity contribution < 1.29 is 14.6 Å². The summed E-state index contributed by atoms with van der Waals surface area (Å²) < 4.78 is 6.42. The van der Waals surface area contributed by atoms with E-state index in [9.17, 15) is 9.90 Å². The van der Waals surface area contributed by atoms with Crippen LogP contribution >= 0.6 is 0 Å². The van der Waals surface area contributed by atoms with Crippen molar-refractivity contribution in [2.45, 2.75) is 42.7 Å². The quantitative estimate of drug-likeness (QED) is 0.477. The molecule has 1 N–H and O–H groups in total. The third-order valence-electron chi connectivity index (χ3n) is 8.71. The summed E-state index contributed by atoms with van der Waals surface area (Å²) in [6, 6.07) is 21.8. The summed E-state index contributed by atoms with van der Waals surface area (Å²) in [5, 5.41) is 12.6. The summed E-state index contributed by atoms with van der Waals surface area (Å²) in [7, 11) is 3.75. The minimum atomic E-state index is -0.397. The first-order valence-electron chi connectivity index (χ1n) is 12.9. The Balaban J connectivity index is 1.49. The van der Waals surface area contributed by atoms with Crippen LogP contribution in [0.4, 0.5) is 0 Å². The smallest absolute Gasteiger partial charge is 0.253 e. The average molecular weight is 485 g/mol. The van der Waals surface area contributed by atoms with Gasteiger partial charge in [0.25, 0.3) is 5.91 Å². The fourth-order valence-corrected chi connectivity index (χ4v) is 6.73. The van der Waals surface area contributed by atoms with Crippen LogP contribution in [-0.4, -0.2) is 66.2 Å². The van der Waals surface area contributed by atoms with Crippen LogP contribution in [-0.2, 0) is 10.2 Å². The fourth-order valence-electron chi connectivity index (χ4n) is 6.73. The highest BCUT2D eigenvalue weighted by Gasteiger charge is 2.59. The van der Waals surface area contributed by atoms with E-state index in [2.05, 4.69) is 23.6 Å². The van der Waals surface area contributed by atoms with Gasteiger partial charge in [-0.3, -0.25) is 9.69 Å². The van der Waals surface area contributed by atoms with Gasteiger partial charge in [-0.1, -0.05) is 48.5 Å². The number of rotatable bonds is 6. The zero-order chi connectivity index (χ0) is 25.3. The lowest BCUT2D eigenvalue weighted by Gasteiger charge is -2.60. The van der Waals surface area contributed by atoms with Crippen molar-refractivity contribution in [3.63, 3.8) is 0 Å². The number of carbonyl (C=O) groups is 1. The van der Waals surface area contributed by atoms with Gasteiger partial charge in [-0.25, -0.2) is 0 Å². The summed E-state index contributed by atoms with van der Waals surface area (Å²) in [6.45, 7) is 6.49. The van der Waals surface area contributed by atoms with E-state index in [1.165, 1.54) is 0 Å². The first-order valence-corrected chi connectivity index (χ1v) is 12.9. The van der Waals surface area contributed by atoms with E-state index in [1.807, 2.05) is 73.7 Å². The number of hydrogen-bond donors (Lipinski definition) is 1. The third kappa shape index (κ3) is 4.10. The Hall–Kier alpha value is -3.15. The SMILES string of the molecule is C=CCN1CC[C@@]2(c3cccc(O)c3)C[C@H](N(C)C(=O)c3ccc4ccccc4c3)CC[C@]2(OC)C1. The molecule has 1 aliphatic carbocycles. The third-order valence-corrected chi connectivity index (χ3v) is 8.71. The van der Waals surface area contributed by atoms with Gasteiger partial charge in [0, 0.05) is 44.3 Å². The number of phenolic OH excluding ortho intramolecular Hbond substituents is 1. The van der Waals surface area contributed by atoms with Gasteiger partial charge in [-0.05, 0) is 72.8 Å². The van der Waals surface area contributed by atoms with Crippen LogP contribution < -0.4 is 0 Å². The number of nitrogens with zero attached hydrogens (tertiary/aromatic N) is 2. The Kier molecular flexibility index (Phi) is 6.62. The topological polar surface area (TPSA) is 53.0 Å². The van der Waals surface area contributed by atoms with Crippen LogP contribution in [0.15, 0.2) is 79.4 Å². The molecule has 1 saturated heterocycles. The van der Waals surface area contributed by atoms with Crippen LogP contribution in [0.25, 0.3) is 10.8 Å². The predicted octanol–water partition coefficient (Wildman–Crippen LogP) is 5.38. The second kappa shape index (κ2) is 9.72. The van der Waals surface area contributed by atoms with Gasteiger partial charge in [0.1, 0.15) is 5.75 Å². The number of aromatic hydroxyl groups is 1. The second-order valence-corrected chi connectivity index (χ2v) is 10.5. The summed E-state index contributed by atoms with van der Waals surface area (Å²) in [6.07, 6.45) is 5.35. The maximum absolute atomic E-state index is 13.7. The molecule has 0 radical (unpaired) electrons. The zero-order valence-corrected chi connectivity index (χ0v) is 21.3. The molecule has 1 amide bonds. The lowest BCUT2D eigenvalue weighted by Crippen LogP contribution is -2.68. The summed E-state index contributed by atoms with van der Waals surface area (Å²) >= 11 is 0. The predicted molar refractivity (Wildman–Crippen MR) is 144 cm³/mol. The number of fused-ring (bicyclic) bond motifs is 2. The van der Waals surface area contributed by atoms with E-state index in [4.69, 9.17) is 4.74 Å². The number of ether oxygens (including phenoxy) is 1. The molecule has 5 rings (SSSR count). The molecule has 1 aliphatic heterocycles. The van der Waals surface area contributed by atoms with Crippen molar-refractivity contribution in [1.82, 2.24) is 9.80 Å². The van der Waals surface area contributed by atoms with Crippen molar-refractivity contribution in [3.05, 3.63) is 90.5 Å². The van der Waals surface area contributed by atoms with Crippen LogP contribution in [0, 0.1) is 0 Å². The van der Waals surface area contributed by atoms with E-state index in [1.54, 1.807) is 6.07 Å². The molecule has 0 aromatic heterocycles. The molecule has 0 spiro atoms. The highest BCUT2D eigenvalue weighted by molar-refractivity contribution is 5.98. The molecular weight excluding hydrogens is 448 g/mol. The minimum absolute atomic E-state index is 0.0471. The van der Waals surface area contributed by atoms with Gasteiger partial charge in [0.2, 0.25) is 0 Å². The van der Waals surface area contributed by atoms with Gasteiger partial charge >= 0.3 is 0 Å². The molecule has 1 heterocycles. The molecule has 188 valence electrons. The second-order valence-electron chi connectivity index (χ2n) is 10.5. The lowest BCUT2D eigenvalue weighted by atomic mass is 9.55. The molecule has 3 atom stereocenters. The molecule has 0 bridgehead atoms. The molecule has 2 aliphatic rings. The van der Waals surface area contributed by atoms with E-state index in [0.29, 0.717) is 5.56 Å². The van der Waals surface area contributed by atoms with E-state index in [0.717, 1.165) is 61.7 Å². The summed E-state index contributed by atoms with van der Waals surface area (Å²) in [4.78, 5) is 18.0. The average Bonchev–Trinajstić information content (AvgIpc) is 2.91. The lowest BCUT2D eigenvalue weighted by molar-refractivity contribution is -0.151. The van der Waals surface area contributed by atoms with Crippen molar-refractivity contribution in [2.75, 3.05) is 33.8 Å². The fraction of sp³-hybridized carbons (Fsp3) is 0.387. The highest BCUT2D eigenvalue weighted by atomic mass is 16.5. The first kappa shape index (κ1) is 24.5. The Bertz CT molecular complexity index is 1270. The molecule has 5 nitrogen and oxygen atoms in total. The molecule has 1 saturated carbocycles. The Morgan fingerprint density at radius 3 is 2.69 bits per heavy atom. The van der Waals surface area contributed by atoms with E-state index >= 15 is 0 Å². The van der Waals surface area contributed by atoms with E-state index < -0.39 is 5.60 Å². The molecule has 3 aromatic carbocycles. The molecule has 2 fully saturated rings. The molecule has 5 heteroatoms. The minimum Gasteiger partial charge on any atom is -0.508 e. The van der Waals surface area contributed by atoms with Crippen molar-refractivity contribution >= 4 is 16.7 Å². The largest absolute Gasteiger partial charge is 0.508 e. The standard InChI is InChI=1S/C31H36N2O3/c1-4-17-33-18-16-30(26-10-7-11-28(34)20-26)21-27(14-15-31(30,22-33)36-3)32(2)29(35)25-13-12-23-8-5-6-9-24(23)19-25/h4-13,19-20,27,34H,1,14-18,21-22H2,2-3H3/t27-,30+,31+/m1/s1. The number of methoxy groups -OCH3 is 1. The van der Waals surface area contributed by atoms with Gasteiger partial charge < -0.3 is 14.7 Å². The number of piperidine rings is 1. The number of hydrogen-bond acceptors (Lipinski definition) is 4. The van der Waals surface area contributed by atoms with E-state index in [-0.39, 0.29) is 23.1 Å². The summed E-state index contributed by atoms with van der Waals surface area (Å²) in [5.74, 6) is 0.314. The van der Waals surface area contributed by atoms with Crippen molar-refractivity contribution in [3.8, 4) is 5.75 Å². The number of amides is 1. The van der Waals surface area contributed by atoms with Crippen LogP contribution in [0.2, 0.25) is 0 Å². The number of benzene rings is 3. The Labute approximate surface area is 214 Å². The van der Waals surface area contributed by atoms with Gasteiger partial charge in [0.15, 0.2) is 0 Å². The highest BCUT2D eigenvalue weighted by Crippen LogP contribution is 2.54. The molecule has 3 aromatic rings. The van der Waals surface area contributed by atoms with Crippen molar-refractivity contribution in [2.24, 2.45) is 0 Å². The van der Waals surface area contributed by atoms with Gasteiger partial charge in [-0.2, -0.15) is 0 Å². The van der Waals surface area contributed by atoms with Gasteiger partial charge in [0.05, 0.1) is 5.60 Å². The molecule has 36 heavy (non-hydrogen) atoms. The Morgan fingerprint density at radius 1 is 1.14 bits per heavy atom. The van der Waals surface area contributed by atoms with Crippen LogP contribution in [0.5, 0.6) is 5.75 Å². The normalized spacial score (nSPS) is 26.3. The monoisotopic (exact) mass is 484 g/mol. The zero-order valence-electron chi connectivity index (χ0n) is 21.3. The maximum Gasteiger partial charge on any atom is 0.253 e.